The molecule has 380 valence electrons. The van der Waals surface area contributed by atoms with Crippen LogP contribution in [0.25, 0.3) is 0 Å². The zero-order chi connectivity index (χ0) is 51.7. The van der Waals surface area contributed by atoms with E-state index in [0.717, 1.165) is 97.0 Å². The number of ether oxygens (including phenoxy) is 2. The molecule has 0 aliphatic carbocycles. The quantitative estimate of drug-likeness (QED) is 0.0938. The van der Waals surface area contributed by atoms with Crippen molar-refractivity contribution in [2.45, 2.75) is 116 Å². The van der Waals surface area contributed by atoms with E-state index in [2.05, 4.69) is 128 Å². The average Bonchev–Trinajstić information content (AvgIpc) is 3.40. The van der Waals surface area contributed by atoms with Crippen molar-refractivity contribution in [2.24, 2.45) is 5.92 Å². The van der Waals surface area contributed by atoms with Crippen molar-refractivity contribution >= 4 is 150 Å². The van der Waals surface area contributed by atoms with Crippen molar-refractivity contribution < 1.29 is 9.47 Å². The van der Waals surface area contributed by atoms with Gasteiger partial charge in [-0.15, -0.1) is 35.3 Å². The number of benzene rings is 6. The molecular formula is C58H63N5O2S8. The summed E-state index contributed by atoms with van der Waals surface area (Å²) in [5, 5.41) is 17.6. The van der Waals surface area contributed by atoms with Crippen LogP contribution in [-0.4, -0.2) is 52.9 Å². The van der Waals surface area contributed by atoms with Gasteiger partial charge >= 0.3 is 0 Å². The molecule has 5 aliphatic heterocycles. The number of fused-ring (bicyclic) bond motifs is 5. The van der Waals surface area contributed by atoms with Crippen LogP contribution in [0.5, 0.6) is 11.5 Å². The van der Waals surface area contributed by atoms with Crippen LogP contribution in [0.1, 0.15) is 72.3 Å². The second-order valence-electron chi connectivity index (χ2n) is 17.8. The van der Waals surface area contributed by atoms with Crippen LogP contribution in [0.3, 0.4) is 0 Å². The summed E-state index contributed by atoms with van der Waals surface area (Å²) in [5.41, 5.74) is 6.62. The van der Waals surface area contributed by atoms with E-state index in [1.807, 2.05) is 120 Å². The summed E-state index contributed by atoms with van der Waals surface area (Å²) in [6.07, 6.45) is 6.23. The van der Waals surface area contributed by atoms with E-state index in [4.69, 9.17) is 70.6 Å². The fourth-order valence-corrected chi connectivity index (χ4v) is 13.2. The molecule has 5 unspecified atom stereocenters. The molecule has 5 atom stereocenters. The zero-order valence-corrected chi connectivity index (χ0v) is 48.3. The van der Waals surface area contributed by atoms with Crippen LogP contribution in [-0.2, 0) is 6.42 Å². The number of nitrogens with one attached hydrogen (secondary N) is 5. The van der Waals surface area contributed by atoms with Crippen LogP contribution >= 0.6 is 96.4 Å². The molecule has 0 saturated heterocycles. The molecule has 7 nitrogen and oxygen atoms in total. The summed E-state index contributed by atoms with van der Waals surface area (Å²) in [6.45, 7) is 10.9. The first-order chi connectivity index (χ1) is 35.4. The lowest BCUT2D eigenvalue weighted by Gasteiger charge is -2.28. The van der Waals surface area contributed by atoms with Gasteiger partial charge in [-0.2, -0.15) is 0 Å². The molecule has 5 N–H and O–H groups in total. The van der Waals surface area contributed by atoms with Crippen molar-refractivity contribution in [1.29, 1.82) is 0 Å². The second kappa shape index (κ2) is 28.4. The maximum Gasteiger partial charge on any atom is 0.153 e. The molecule has 6 aromatic carbocycles. The standard InChI is InChI=1S/C15H13NOS.C11H13NOS.2C11H13NS2.C10H11NS2/c18-15-14(10-11-6-2-1-3-7-11)17-13-9-5-4-8-12(13)16-15;1-2-5-10-11(14)12-8-6-3-4-7-9(8)13-10;1-7(2)10-11(13)12-8-5-3-4-6-9(8)14-10;1-2-5-10-11(13)12-8-6-3-4-7-9(8)14-10;1-2-8-10(12)11-7-5-3-4-6-9(7)13-8/h1-9,14H,10H2,(H,16,18);3-4,6-7,10H,2,5H2,1H3,(H,12,14);3-7,10H,1-2H3,(H,12,13);3-4,6-7,10H,2,5H2,1H3,(H,12,13);3-6,8H,2H2,1H3,(H,11,12). The number of rotatable bonds is 8. The highest BCUT2D eigenvalue weighted by Crippen LogP contribution is 2.40. The van der Waals surface area contributed by atoms with E-state index < -0.39 is 0 Å². The first-order valence-corrected chi connectivity index (χ1v) is 29.5. The van der Waals surface area contributed by atoms with Gasteiger partial charge in [0.1, 0.15) is 27.6 Å². The van der Waals surface area contributed by atoms with Gasteiger partial charge in [0.25, 0.3) is 0 Å². The summed E-state index contributed by atoms with van der Waals surface area (Å²) in [4.78, 5) is 8.39. The number of para-hydroxylation sites is 7. The molecule has 11 rings (SSSR count). The van der Waals surface area contributed by atoms with Gasteiger partial charge in [0.2, 0.25) is 0 Å². The molecule has 5 heterocycles. The molecule has 6 aromatic rings. The lowest BCUT2D eigenvalue weighted by Crippen LogP contribution is -2.37. The number of hydrogen-bond acceptors (Lipinski definition) is 10. The van der Waals surface area contributed by atoms with E-state index in [0.29, 0.717) is 21.7 Å². The van der Waals surface area contributed by atoms with E-state index in [-0.39, 0.29) is 12.2 Å². The van der Waals surface area contributed by atoms with E-state index in [1.165, 1.54) is 26.7 Å². The van der Waals surface area contributed by atoms with Crippen molar-refractivity contribution in [3.8, 4) is 11.5 Å². The Morgan fingerprint density at radius 2 is 0.822 bits per heavy atom. The van der Waals surface area contributed by atoms with E-state index in [1.54, 1.807) is 0 Å². The Morgan fingerprint density at radius 1 is 0.425 bits per heavy atom. The van der Waals surface area contributed by atoms with E-state index in [9.17, 15) is 0 Å². The third kappa shape index (κ3) is 16.0. The van der Waals surface area contributed by atoms with Gasteiger partial charge in [-0.1, -0.05) is 200 Å². The second-order valence-corrected chi connectivity index (χ2v) is 23.7. The van der Waals surface area contributed by atoms with Gasteiger partial charge < -0.3 is 36.1 Å². The first-order valence-electron chi connectivity index (χ1n) is 24.8. The Kier molecular flexibility index (Phi) is 21.8. The summed E-state index contributed by atoms with van der Waals surface area (Å²) in [5.74, 6) is 2.35. The number of anilines is 5. The maximum atomic E-state index is 5.94. The Hall–Kier alpha value is -4.58. The average molecular weight is 1120 g/mol. The number of hydrogen-bond donors (Lipinski definition) is 5. The van der Waals surface area contributed by atoms with Gasteiger partial charge in [0.15, 0.2) is 6.10 Å². The molecular weight excluding hydrogens is 1060 g/mol. The molecule has 5 aliphatic rings. The Labute approximate surface area is 472 Å². The minimum Gasteiger partial charge on any atom is -0.481 e. The molecule has 0 aromatic heterocycles. The maximum absolute atomic E-state index is 5.94. The fourth-order valence-electron chi connectivity index (χ4n) is 8.01. The van der Waals surface area contributed by atoms with Gasteiger partial charge in [0.05, 0.1) is 59.2 Å². The fraction of sp³-hybridized carbons (Fsp3) is 0.293. The molecule has 0 saturated carbocycles. The molecule has 0 fully saturated rings. The van der Waals surface area contributed by atoms with E-state index >= 15 is 0 Å². The molecule has 0 amide bonds. The Balaban J connectivity index is 0.000000134. The summed E-state index contributed by atoms with van der Waals surface area (Å²) in [6, 6.07) is 51.0. The van der Waals surface area contributed by atoms with Gasteiger partial charge in [-0.25, -0.2) is 0 Å². The highest BCUT2D eigenvalue weighted by Gasteiger charge is 2.28. The zero-order valence-electron chi connectivity index (χ0n) is 41.7. The third-order valence-electron chi connectivity index (χ3n) is 11.8. The van der Waals surface area contributed by atoms with Gasteiger partial charge in [-0.3, -0.25) is 0 Å². The smallest absolute Gasteiger partial charge is 0.153 e. The minimum absolute atomic E-state index is 0.0462. The third-order valence-corrected chi connectivity index (χ3v) is 18.6. The highest BCUT2D eigenvalue weighted by atomic mass is 32.2. The van der Waals surface area contributed by atoms with Crippen LogP contribution < -0.4 is 36.1 Å². The predicted octanol–water partition coefficient (Wildman–Crippen LogP) is 17.0. The largest absolute Gasteiger partial charge is 0.481 e. The summed E-state index contributed by atoms with van der Waals surface area (Å²) in [7, 11) is 0. The van der Waals surface area contributed by atoms with Crippen molar-refractivity contribution in [1.82, 2.24) is 0 Å². The Morgan fingerprint density at radius 3 is 1.33 bits per heavy atom. The normalized spacial score (nSPS) is 19.5. The van der Waals surface area contributed by atoms with Crippen LogP contribution in [0, 0.1) is 5.92 Å². The van der Waals surface area contributed by atoms with Crippen molar-refractivity contribution in [3.63, 3.8) is 0 Å². The van der Waals surface area contributed by atoms with Crippen LogP contribution in [0.4, 0.5) is 28.4 Å². The van der Waals surface area contributed by atoms with Crippen molar-refractivity contribution in [3.05, 3.63) is 157 Å². The van der Waals surface area contributed by atoms with Crippen LogP contribution in [0.15, 0.2) is 166 Å². The Bertz CT molecular complexity index is 2780. The lowest BCUT2D eigenvalue weighted by atomic mass is 10.1. The first kappa shape index (κ1) is 56.2. The molecule has 73 heavy (non-hydrogen) atoms. The molecule has 0 bridgehead atoms. The minimum atomic E-state index is -0.0858. The molecule has 0 spiro atoms. The molecule has 15 heteroatoms. The van der Waals surface area contributed by atoms with Crippen LogP contribution in [0.2, 0.25) is 0 Å². The summed E-state index contributed by atoms with van der Waals surface area (Å²) < 4.78 is 11.7. The summed E-state index contributed by atoms with van der Waals surface area (Å²) >= 11 is 32.2. The topological polar surface area (TPSA) is 78.6 Å². The number of thioether (sulfide) groups is 3. The highest BCUT2D eigenvalue weighted by molar-refractivity contribution is 8.03. The molecule has 0 radical (unpaired) electrons. The predicted molar refractivity (Wildman–Crippen MR) is 336 cm³/mol. The van der Waals surface area contributed by atoms with Gasteiger partial charge in [0, 0.05) is 21.1 Å². The number of thiocarbonyl (C=S) groups is 5. The van der Waals surface area contributed by atoms with Gasteiger partial charge in [-0.05, 0) is 91.4 Å². The SMILES string of the molecule is CC(C)C1Sc2ccccc2NC1=S.CCC1Sc2ccccc2NC1=S.CCCC1Oc2ccccc2NC1=S.CCCC1Sc2ccccc2NC1=S.S=C1Nc2ccccc2OC1Cc1ccccc1. The van der Waals surface area contributed by atoms with Crippen molar-refractivity contribution in [2.75, 3.05) is 26.6 Å². The lowest BCUT2D eigenvalue weighted by molar-refractivity contribution is 0.253. The monoisotopic (exact) mass is 1120 g/mol.